The fraction of sp³-hybridized carbons (Fsp3) is 0.667. The van der Waals surface area contributed by atoms with Crippen LogP contribution in [0.5, 0.6) is 0 Å². The van der Waals surface area contributed by atoms with Crippen molar-refractivity contribution in [2.24, 2.45) is 11.3 Å². The highest BCUT2D eigenvalue weighted by molar-refractivity contribution is 7.10. The molecule has 0 aliphatic carbocycles. The summed E-state index contributed by atoms with van der Waals surface area (Å²) < 4.78 is 4.07. The number of nitrogens with zero attached hydrogens (tertiary/aromatic N) is 3. The van der Waals surface area contributed by atoms with Gasteiger partial charge in [0.15, 0.2) is 5.15 Å². The Morgan fingerprint density at radius 1 is 1.59 bits per heavy atom. The fourth-order valence-electron chi connectivity index (χ4n) is 2.49. The molecule has 1 unspecified atom stereocenters. The van der Waals surface area contributed by atoms with Gasteiger partial charge in [-0.15, -0.1) is 0 Å². The molecule has 1 aromatic rings. The first-order valence-electron chi connectivity index (χ1n) is 7.41. The summed E-state index contributed by atoms with van der Waals surface area (Å²) in [4.78, 5) is 14.1. The number of carbonyl (C=O) groups is 1. The van der Waals surface area contributed by atoms with E-state index in [1.807, 2.05) is 20.8 Å². The largest absolute Gasteiger partial charge is 0.361 e. The Labute approximate surface area is 140 Å². The topological polar surface area (TPSA) is 69.0 Å². The number of halogens is 1. The molecule has 0 saturated carbocycles. The van der Waals surface area contributed by atoms with Crippen LogP contribution in [0.3, 0.4) is 0 Å². The first-order chi connectivity index (χ1) is 10.3. The maximum Gasteiger partial charge on any atom is 0.225 e. The third kappa shape index (κ3) is 3.90. The molecule has 1 N–H and O–H groups in total. The fourth-order valence-corrected chi connectivity index (χ4v) is 3.56. The summed E-state index contributed by atoms with van der Waals surface area (Å²) in [5.41, 5.74) is 0.0964. The van der Waals surface area contributed by atoms with Crippen LogP contribution in [0.1, 0.15) is 39.2 Å². The van der Waals surface area contributed by atoms with Crippen LogP contribution in [-0.4, -0.2) is 29.9 Å². The molecular formula is C15H21ClN4OS. The van der Waals surface area contributed by atoms with E-state index in [-0.39, 0.29) is 16.5 Å². The van der Waals surface area contributed by atoms with Crippen LogP contribution >= 0.6 is 23.1 Å². The van der Waals surface area contributed by atoms with Gasteiger partial charge in [-0.05, 0) is 30.3 Å². The average molecular weight is 341 g/mol. The normalized spacial score (nSPS) is 18.9. The number of carbonyl (C=O) groups excluding carboxylic acids is 1. The second-order valence-electron chi connectivity index (χ2n) is 6.68. The minimum Gasteiger partial charge on any atom is -0.361 e. The van der Waals surface area contributed by atoms with Gasteiger partial charge < -0.3 is 10.2 Å². The van der Waals surface area contributed by atoms with Gasteiger partial charge in [-0.25, -0.2) is 0 Å². The zero-order valence-electron chi connectivity index (χ0n) is 13.1. The van der Waals surface area contributed by atoms with Crippen molar-refractivity contribution in [2.75, 3.05) is 24.5 Å². The standard InChI is InChI=1S/C15H21ClN4OS/c1-15(2,3)14(21)18-8-10-5-4-6-20(9-10)13-11(7-17)12(16)19-22-13/h10H,4-6,8-9H2,1-3H3,(H,18,21). The van der Waals surface area contributed by atoms with E-state index in [4.69, 9.17) is 11.6 Å². The molecule has 22 heavy (non-hydrogen) atoms. The van der Waals surface area contributed by atoms with Gasteiger partial charge in [0, 0.05) is 25.0 Å². The lowest BCUT2D eigenvalue weighted by Crippen LogP contribution is -2.43. The summed E-state index contributed by atoms with van der Waals surface area (Å²) in [6.45, 7) is 8.12. The molecule has 5 nitrogen and oxygen atoms in total. The second kappa shape index (κ2) is 6.84. The Kier molecular flexibility index (Phi) is 5.30. The molecule has 0 spiro atoms. The highest BCUT2D eigenvalue weighted by atomic mass is 35.5. The van der Waals surface area contributed by atoms with Crippen LogP contribution in [0.4, 0.5) is 5.00 Å². The van der Waals surface area contributed by atoms with Crippen LogP contribution in [0, 0.1) is 22.7 Å². The lowest BCUT2D eigenvalue weighted by molar-refractivity contribution is -0.128. The zero-order valence-corrected chi connectivity index (χ0v) is 14.7. The van der Waals surface area contributed by atoms with E-state index >= 15 is 0 Å². The smallest absolute Gasteiger partial charge is 0.225 e. The monoisotopic (exact) mass is 340 g/mol. The third-order valence-electron chi connectivity index (χ3n) is 3.78. The summed E-state index contributed by atoms with van der Waals surface area (Å²) >= 11 is 7.22. The number of nitrogens with one attached hydrogen (secondary N) is 1. The highest BCUT2D eigenvalue weighted by Gasteiger charge is 2.27. The van der Waals surface area contributed by atoms with E-state index in [0.717, 1.165) is 30.9 Å². The van der Waals surface area contributed by atoms with E-state index in [1.165, 1.54) is 11.5 Å². The molecule has 1 atom stereocenters. The molecule has 1 saturated heterocycles. The molecule has 0 bridgehead atoms. The van der Waals surface area contributed by atoms with Crippen LogP contribution in [0.2, 0.25) is 5.15 Å². The van der Waals surface area contributed by atoms with Crippen molar-refractivity contribution in [3.8, 4) is 6.07 Å². The Morgan fingerprint density at radius 3 is 2.95 bits per heavy atom. The first-order valence-corrected chi connectivity index (χ1v) is 8.56. The number of hydrogen-bond donors (Lipinski definition) is 1. The highest BCUT2D eigenvalue weighted by Crippen LogP contribution is 2.33. The Bertz CT molecular complexity index is 587. The SMILES string of the molecule is CC(C)(C)C(=O)NCC1CCCN(c2snc(Cl)c2C#N)C1. The Hall–Kier alpha value is -1.32. The van der Waals surface area contributed by atoms with E-state index in [0.29, 0.717) is 18.0 Å². The first kappa shape index (κ1) is 17.0. The summed E-state index contributed by atoms with van der Waals surface area (Å²) in [7, 11) is 0. The molecule has 0 aromatic carbocycles. The number of nitriles is 1. The molecule has 2 heterocycles. The number of amides is 1. The predicted octanol–water partition coefficient (Wildman–Crippen LogP) is 3.05. The summed E-state index contributed by atoms with van der Waals surface area (Å²) in [6, 6.07) is 2.13. The van der Waals surface area contributed by atoms with Crippen LogP contribution in [-0.2, 0) is 4.79 Å². The van der Waals surface area contributed by atoms with Gasteiger partial charge in [0.05, 0.1) is 0 Å². The van der Waals surface area contributed by atoms with Crippen molar-refractivity contribution in [3.63, 3.8) is 0 Å². The van der Waals surface area contributed by atoms with Gasteiger partial charge >= 0.3 is 0 Å². The van der Waals surface area contributed by atoms with Gasteiger partial charge in [-0.2, -0.15) is 9.64 Å². The molecular weight excluding hydrogens is 320 g/mol. The van der Waals surface area contributed by atoms with E-state index < -0.39 is 0 Å². The zero-order chi connectivity index (χ0) is 16.3. The van der Waals surface area contributed by atoms with Crippen molar-refractivity contribution in [3.05, 3.63) is 10.7 Å². The molecule has 0 radical (unpaired) electrons. The minimum absolute atomic E-state index is 0.0724. The van der Waals surface area contributed by atoms with E-state index in [9.17, 15) is 10.1 Å². The van der Waals surface area contributed by atoms with Gasteiger partial charge in [0.1, 0.15) is 16.6 Å². The number of hydrogen-bond acceptors (Lipinski definition) is 5. The Morgan fingerprint density at radius 2 is 2.32 bits per heavy atom. The number of piperidine rings is 1. The summed E-state index contributed by atoms with van der Waals surface area (Å²) in [5, 5.41) is 13.4. The average Bonchev–Trinajstić information content (AvgIpc) is 2.85. The van der Waals surface area contributed by atoms with Crippen molar-refractivity contribution in [1.29, 1.82) is 5.26 Å². The van der Waals surface area contributed by atoms with Crippen molar-refractivity contribution >= 4 is 34.0 Å². The van der Waals surface area contributed by atoms with Crippen LogP contribution in [0.25, 0.3) is 0 Å². The van der Waals surface area contributed by atoms with Gasteiger partial charge in [0.2, 0.25) is 5.91 Å². The molecule has 1 amide bonds. The maximum absolute atomic E-state index is 12.0. The molecule has 1 fully saturated rings. The van der Waals surface area contributed by atoms with Gasteiger partial charge in [-0.1, -0.05) is 32.4 Å². The van der Waals surface area contributed by atoms with Crippen molar-refractivity contribution in [1.82, 2.24) is 9.69 Å². The van der Waals surface area contributed by atoms with Gasteiger partial charge in [0.25, 0.3) is 0 Å². The second-order valence-corrected chi connectivity index (χ2v) is 7.79. The van der Waals surface area contributed by atoms with Crippen LogP contribution in [0.15, 0.2) is 0 Å². The van der Waals surface area contributed by atoms with Crippen molar-refractivity contribution < 1.29 is 4.79 Å². The maximum atomic E-state index is 12.0. The number of rotatable bonds is 3. The molecule has 2 rings (SSSR count). The van der Waals surface area contributed by atoms with E-state index in [2.05, 4.69) is 20.7 Å². The Balaban J connectivity index is 1.98. The summed E-state index contributed by atoms with van der Waals surface area (Å²) in [5.74, 6) is 0.454. The minimum atomic E-state index is -0.368. The predicted molar refractivity (Wildman–Crippen MR) is 89.2 cm³/mol. The lowest BCUT2D eigenvalue weighted by Gasteiger charge is -2.33. The van der Waals surface area contributed by atoms with Crippen LogP contribution < -0.4 is 10.2 Å². The quantitative estimate of drug-likeness (QED) is 0.918. The lowest BCUT2D eigenvalue weighted by atomic mass is 9.94. The van der Waals surface area contributed by atoms with E-state index in [1.54, 1.807) is 0 Å². The number of aromatic nitrogens is 1. The molecule has 1 aromatic heterocycles. The van der Waals surface area contributed by atoms with Gasteiger partial charge in [-0.3, -0.25) is 4.79 Å². The number of anilines is 1. The van der Waals surface area contributed by atoms with Crippen molar-refractivity contribution in [2.45, 2.75) is 33.6 Å². The molecule has 120 valence electrons. The molecule has 7 heteroatoms. The molecule has 1 aliphatic heterocycles. The summed E-state index contributed by atoms with van der Waals surface area (Å²) in [6.07, 6.45) is 2.12. The molecule has 1 aliphatic rings. The third-order valence-corrected chi connectivity index (χ3v) is 5.07.